The van der Waals surface area contributed by atoms with Crippen LogP contribution < -0.4 is 5.32 Å². The van der Waals surface area contributed by atoms with Gasteiger partial charge in [0.05, 0.1) is 17.8 Å². The topological polar surface area (TPSA) is 79.2 Å². The third-order valence-electron chi connectivity index (χ3n) is 5.02. The van der Waals surface area contributed by atoms with Gasteiger partial charge in [-0.3, -0.25) is 4.90 Å². The van der Waals surface area contributed by atoms with Crippen molar-refractivity contribution in [2.75, 3.05) is 31.5 Å². The number of carbonyl (C=O) groups excluding carboxylic acids is 1. The Kier molecular flexibility index (Phi) is 5.85. The van der Waals surface area contributed by atoms with Crippen LogP contribution in [0.3, 0.4) is 0 Å². The van der Waals surface area contributed by atoms with E-state index in [-0.39, 0.29) is 6.03 Å². The summed E-state index contributed by atoms with van der Waals surface area (Å²) in [6.07, 6.45) is -4.40. The minimum absolute atomic E-state index is 0.322. The Bertz CT molecular complexity index is 1010. The van der Waals surface area contributed by atoms with Crippen LogP contribution in [0.2, 0.25) is 0 Å². The smallest absolute Gasteiger partial charge is 0.322 e. The zero-order valence-electron chi connectivity index (χ0n) is 16.5. The number of nitrogens with one attached hydrogen (secondary N) is 1. The van der Waals surface area contributed by atoms with E-state index in [9.17, 15) is 18.0 Å². The van der Waals surface area contributed by atoms with Gasteiger partial charge in [0.2, 0.25) is 0 Å². The van der Waals surface area contributed by atoms with Gasteiger partial charge < -0.3 is 10.2 Å². The fraction of sp³-hybridized carbons (Fsp3) is 0.300. The van der Waals surface area contributed by atoms with Crippen LogP contribution in [0, 0.1) is 0 Å². The minimum atomic E-state index is -4.40. The zero-order chi connectivity index (χ0) is 21.8. The molecule has 2 amide bonds. The summed E-state index contributed by atoms with van der Waals surface area (Å²) in [5, 5.41) is 14.6. The van der Waals surface area contributed by atoms with Crippen LogP contribution in [0.15, 0.2) is 54.6 Å². The predicted molar refractivity (Wildman–Crippen MR) is 106 cm³/mol. The Hall–Kier alpha value is -3.47. The van der Waals surface area contributed by atoms with E-state index in [0.717, 1.165) is 17.8 Å². The number of anilines is 1. The molecule has 0 aliphatic carbocycles. The van der Waals surface area contributed by atoms with Crippen molar-refractivity contribution in [3.05, 3.63) is 66.0 Å². The molecule has 8 nitrogen and oxygen atoms in total. The normalized spacial score (nSPS) is 15.1. The Balaban J connectivity index is 1.30. The zero-order valence-corrected chi connectivity index (χ0v) is 16.5. The number of alkyl halides is 3. The number of tetrazole rings is 1. The molecule has 11 heteroatoms. The summed E-state index contributed by atoms with van der Waals surface area (Å²) >= 11 is 0. The summed E-state index contributed by atoms with van der Waals surface area (Å²) < 4.78 is 39.6. The number of benzene rings is 2. The van der Waals surface area contributed by atoms with Gasteiger partial charge in [-0.25, -0.2) is 4.79 Å². The molecule has 4 rings (SSSR count). The van der Waals surface area contributed by atoms with E-state index in [0.29, 0.717) is 44.2 Å². The highest BCUT2D eigenvalue weighted by atomic mass is 19.4. The molecule has 162 valence electrons. The molecular formula is C20H20F3N7O. The molecule has 2 aromatic carbocycles. The molecule has 1 saturated heterocycles. The highest BCUT2D eigenvalue weighted by molar-refractivity contribution is 5.89. The molecule has 0 bridgehead atoms. The molecule has 0 unspecified atom stereocenters. The quantitative estimate of drug-likeness (QED) is 0.687. The lowest BCUT2D eigenvalue weighted by Crippen LogP contribution is -2.49. The fourth-order valence-corrected chi connectivity index (χ4v) is 3.33. The minimum Gasteiger partial charge on any atom is -0.322 e. The number of hydrogen-bond acceptors (Lipinski definition) is 5. The van der Waals surface area contributed by atoms with Crippen molar-refractivity contribution in [2.45, 2.75) is 12.7 Å². The van der Waals surface area contributed by atoms with Crippen LogP contribution in [0.5, 0.6) is 0 Å². The molecule has 1 N–H and O–H groups in total. The summed E-state index contributed by atoms with van der Waals surface area (Å²) in [5.74, 6) is 0.703. The van der Waals surface area contributed by atoms with Gasteiger partial charge in [-0.05, 0) is 46.8 Å². The van der Waals surface area contributed by atoms with Gasteiger partial charge in [0.1, 0.15) is 0 Å². The van der Waals surface area contributed by atoms with E-state index in [1.54, 1.807) is 9.58 Å². The predicted octanol–water partition coefficient (Wildman–Crippen LogP) is 3.03. The standard InChI is InChI=1S/C20H20F3N7O/c21-20(22,23)15-6-8-16(9-7-15)24-19(31)29-12-10-28(11-13-29)14-18-25-26-27-30(18)17-4-2-1-3-5-17/h1-9H,10-14H2,(H,24,31). The molecule has 1 aliphatic rings. The number of piperazine rings is 1. The molecule has 2 heterocycles. The van der Waals surface area contributed by atoms with Crippen LogP contribution in [0.4, 0.5) is 23.7 Å². The van der Waals surface area contributed by atoms with E-state index in [1.165, 1.54) is 12.1 Å². The SMILES string of the molecule is O=C(Nc1ccc(C(F)(F)F)cc1)N1CCN(Cc2nnnn2-c2ccccc2)CC1. The van der Waals surface area contributed by atoms with E-state index in [4.69, 9.17) is 0 Å². The third-order valence-corrected chi connectivity index (χ3v) is 5.02. The van der Waals surface area contributed by atoms with E-state index in [1.807, 2.05) is 30.3 Å². The van der Waals surface area contributed by atoms with E-state index >= 15 is 0 Å². The van der Waals surface area contributed by atoms with Crippen molar-refractivity contribution >= 4 is 11.7 Å². The number of amides is 2. The van der Waals surface area contributed by atoms with Gasteiger partial charge in [0, 0.05) is 31.9 Å². The molecule has 3 aromatic rings. The average Bonchev–Trinajstić information content (AvgIpc) is 3.23. The van der Waals surface area contributed by atoms with Gasteiger partial charge in [-0.2, -0.15) is 17.9 Å². The number of halogens is 3. The molecule has 0 radical (unpaired) electrons. The lowest BCUT2D eigenvalue weighted by atomic mass is 10.2. The van der Waals surface area contributed by atoms with Crippen molar-refractivity contribution in [1.82, 2.24) is 30.0 Å². The molecule has 1 aliphatic heterocycles. The number of carbonyl (C=O) groups is 1. The number of aromatic nitrogens is 4. The second-order valence-electron chi connectivity index (χ2n) is 7.11. The van der Waals surface area contributed by atoms with Gasteiger partial charge >= 0.3 is 12.2 Å². The van der Waals surface area contributed by atoms with Crippen LogP contribution >= 0.6 is 0 Å². The van der Waals surface area contributed by atoms with Gasteiger partial charge in [-0.1, -0.05) is 18.2 Å². The monoisotopic (exact) mass is 431 g/mol. The Labute approximate surface area is 176 Å². The summed E-state index contributed by atoms with van der Waals surface area (Å²) in [7, 11) is 0. The Morgan fingerprint density at radius 1 is 0.968 bits per heavy atom. The Morgan fingerprint density at radius 3 is 2.29 bits per heavy atom. The summed E-state index contributed by atoms with van der Waals surface area (Å²) in [4.78, 5) is 16.2. The number of para-hydroxylation sites is 1. The third kappa shape index (κ3) is 5.00. The fourth-order valence-electron chi connectivity index (χ4n) is 3.33. The maximum Gasteiger partial charge on any atom is 0.416 e. The number of nitrogens with zero attached hydrogens (tertiary/aromatic N) is 6. The molecule has 0 saturated carbocycles. The first-order valence-electron chi connectivity index (χ1n) is 9.68. The molecule has 0 spiro atoms. The first-order valence-corrected chi connectivity index (χ1v) is 9.68. The summed E-state index contributed by atoms with van der Waals surface area (Å²) in [6.45, 7) is 2.76. The molecule has 0 atom stereocenters. The number of rotatable bonds is 4. The maximum absolute atomic E-state index is 12.7. The van der Waals surface area contributed by atoms with Gasteiger partial charge in [0.15, 0.2) is 5.82 Å². The highest BCUT2D eigenvalue weighted by Crippen LogP contribution is 2.29. The molecule has 1 fully saturated rings. The van der Waals surface area contributed by atoms with Crippen molar-refractivity contribution in [1.29, 1.82) is 0 Å². The lowest BCUT2D eigenvalue weighted by Gasteiger charge is -2.34. The highest BCUT2D eigenvalue weighted by Gasteiger charge is 2.30. The van der Waals surface area contributed by atoms with Crippen LogP contribution in [0.25, 0.3) is 5.69 Å². The second kappa shape index (κ2) is 8.72. The van der Waals surface area contributed by atoms with Crippen molar-refractivity contribution in [3.8, 4) is 5.69 Å². The van der Waals surface area contributed by atoms with Crippen molar-refractivity contribution in [3.63, 3.8) is 0 Å². The molecule has 31 heavy (non-hydrogen) atoms. The maximum atomic E-state index is 12.7. The average molecular weight is 431 g/mol. The van der Waals surface area contributed by atoms with Crippen LogP contribution in [-0.4, -0.2) is 62.2 Å². The van der Waals surface area contributed by atoms with Gasteiger partial charge in [0.25, 0.3) is 0 Å². The summed E-state index contributed by atoms with van der Waals surface area (Å²) in [5.41, 5.74) is 0.441. The van der Waals surface area contributed by atoms with E-state index in [2.05, 4.69) is 25.7 Å². The van der Waals surface area contributed by atoms with E-state index < -0.39 is 11.7 Å². The number of urea groups is 1. The van der Waals surface area contributed by atoms with Gasteiger partial charge in [-0.15, -0.1) is 5.10 Å². The van der Waals surface area contributed by atoms with Crippen molar-refractivity contribution in [2.24, 2.45) is 0 Å². The summed E-state index contributed by atoms with van der Waals surface area (Å²) in [6, 6.07) is 13.6. The molecular weight excluding hydrogens is 411 g/mol. The molecule has 1 aromatic heterocycles. The first-order chi connectivity index (χ1) is 14.9. The van der Waals surface area contributed by atoms with Crippen LogP contribution in [0.1, 0.15) is 11.4 Å². The van der Waals surface area contributed by atoms with Crippen molar-refractivity contribution < 1.29 is 18.0 Å². The Morgan fingerprint density at radius 2 is 1.65 bits per heavy atom. The second-order valence-corrected chi connectivity index (χ2v) is 7.11. The lowest BCUT2D eigenvalue weighted by molar-refractivity contribution is -0.137. The first kappa shape index (κ1) is 20.8. The number of hydrogen-bond donors (Lipinski definition) is 1. The largest absolute Gasteiger partial charge is 0.416 e. The van der Waals surface area contributed by atoms with Crippen LogP contribution in [-0.2, 0) is 12.7 Å².